The number of rotatable bonds is 23. The smallest absolute Gasteiger partial charge is 0.407 e. The minimum atomic E-state index is -1.41. The molecule has 2 saturated heterocycles. The molecule has 3 aliphatic heterocycles. The molecule has 22 nitrogen and oxygen atoms in total. The number of piperazine rings is 1. The van der Waals surface area contributed by atoms with Crippen LogP contribution in [-0.4, -0.2) is 185 Å². The number of urea groups is 1. The number of hydroxylamine groups is 2. The van der Waals surface area contributed by atoms with Crippen LogP contribution < -0.4 is 25.6 Å². The molecule has 3 atom stereocenters. The Morgan fingerprint density at radius 1 is 0.926 bits per heavy atom. The van der Waals surface area contributed by atoms with E-state index in [1.54, 1.807) is 43.7 Å². The van der Waals surface area contributed by atoms with Gasteiger partial charge in [0, 0.05) is 80.1 Å². The largest absolute Gasteiger partial charge is 0.478 e. The van der Waals surface area contributed by atoms with E-state index in [9.17, 15) is 18.8 Å². The van der Waals surface area contributed by atoms with Gasteiger partial charge in [-0.25, -0.2) is 37.6 Å². The zero-order chi connectivity index (χ0) is 58.1. The molecule has 2 aromatic carbocycles. The number of thioether (sulfide) groups is 1. The molecule has 6 heterocycles. The van der Waals surface area contributed by atoms with Crippen LogP contribution in [0.3, 0.4) is 0 Å². The van der Waals surface area contributed by atoms with Crippen molar-refractivity contribution in [1.29, 1.82) is 0 Å². The molecule has 8 rings (SSSR count). The van der Waals surface area contributed by atoms with Crippen molar-refractivity contribution in [2.45, 2.75) is 101 Å². The van der Waals surface area contributed by atoms with Crippen LogP contribution in [0, 0.1) is 11.6 Å². The lowest BCUT2D eigenvalue weighted by molar-refractivity contribution is -0.113. The molecule has 2 fully saturated rings. The predicted octanol–water partition coefficient (Wildman–Crippen LogP) is 8.13. The number of alkyl carbamates (subject to hydrolysis) is 2. The molecule has 3 aromatic heterocycles. The lowest BCUT2D eigenvalue weighted by Crippen LogP contribution is -2.48. The van der Waals surface area contributed by atoms with Crippen molar-refractivity contribution in [1.82, 2.24) is 59.8 Å². The number of imidazole rings is 1. The Morgan fingerprint density at radius 3 is 2.36 bits per heavy atom. The predicted molar refractivity (Wildman–Crippen MR) is 307 cm³/mol. The number of anilines is 3. The first-order valence-electron chi connectivity index (χ1n) is 27.4. The van der Waals surface area contributed by atoms with E-state index < -0.39 is 60.6 Å². The van der Waals surface area contributed by atoms with Gasteiger partial charge in [0.15, 0.2) is 17.0 Å². The number of benzene rings is 2. The summed E-state index contributed by atoms with van der Waals surface area (Å²) in [6.07, 6.45) is 3.05. The number of aromatic nitrogens is 6. The second kappa shape index (κ2) is 26.5. The summed E-state index contributed by atoms with van der Waals surface area (Å²) in [7, 11) is 3.47. The van der Waals surface area contributed by atoms with Crippen LogP contribution in [-0.2, 0) is 32.8 Å². The Labute approximate surface area is 476 Å². The van der Waals surface area contributed by atoms with Gasteiger partial charge < -0.3 is 49.4 Å². The molecule has 5 aromatic rings. The van der Waals surface area contributed by atoms with Gasteiger partial charge in [0.2, 0.25) is 5.95 Å². The van der Waals surface area contributed by atoms with Gasteiger partial charge in [0.25, 0.3) is 5.88 Å². The molecule has 0 radical (unpaired) electrons. The third kappa shape index (κ3) is 15.9. The van der Waals surface area contributed by atoms with Crippen molar-refractivity contribution < 1.29 is 46.6 Å². The third-order valence-electron chi connectivity index (χ3n) is 13.9. The number of nitrogens with one attached hydrogen (secondary N) is 3. The molecule has 0 bridgehead atoms. The Hall–Kier alpha value is -6.68. The van der Waals surface area contributed by atoms with Crippen LogP contribution in [0.25, 0.3) is 11.2 Å². The molecular weight excluding hydrogens is 1090 g/mol. The highest BCUT2D eigenvalue weighted by Crippen LogP contribution is 2.51. The normalized spacial score (nSPS) is 19.0. The third-order valence-corrected chi connectivity index (χ3v) is 17.0. The Morgan fingerprint density at radius 2 is 1.65 bits per heavy atom. The second-order valence-corrected chi connectivity index (χ2v) is 29.5. The van der Waals surface area contributed by atoms with Crippen molar-refractivity contribution in [3.8, 4) is 5.88 Å². The summed E-state index contributed by atoms with van der Waals surface area (Å²) in [6.45, 7) is 18.5. The summed E-state index contributed by atoms with van der Waals surface area (Å²) < 4.78 is 65.3. The van der Waals surface area contributed by atoms with Crippen LogP contribution in [0.1, 0.15) is 57.6 Å². The topological polar surface area (TPSA) is 214 Å². The van der Waals surface area contributed by atoms with E-state index in [0.717, 1.165) is 86.8 Å². The maximum Gasteiger partial charge on any atom is 0.407 e. The van der Waals surface area contributed by atoms with Gasteiger partial charge >= 0.3 is 18.2 Å². The fourth-order valence-corrected chi connectivity index (χ4v) is 11.7. The fraction of sp³-hybridized carbons (Fsp3) is 0.556. The second-order valence-electron chi connectivity index (χ2n) is 22.6. The molecule has 4 amide bonds. The standard InChI is InChI=1S/C54H76F3N15O7SSi/c1-53(2,3)79-50(73)58-21-13-20-54(37-16-11-10-12-17-37)72(65-48(80-54)39-32-38(55)18-19-40(39)56)52(75)67(5)78-29-15-23-69-27-25-68(26-28-69)22-14-24-71-35-43(47(64-71)76-6)60-45-44-46(66(4)36-59-44)63-49(62-45)70-33-41(57)42(34-70)61-51(74)77-30-31-81(7,8)9/h10-12,16-19,32,35-36,41-42H,13-15,20-31,33-34H2,1-9H3,(H,58,73)(H,61,74)(H,60,62,63)/t41-,42-,54+/m1/s1. The zero-order valence-electron chi connectivity index (χ0n) is 47.7. The van der Waals surface area contributed by atoms with Gasteiger partial charge in [-0.05, 0) is 82.8 Å². The van der Waals surface area contributed by atoms with E-state index in [1.807, 2.05) is 48.3 Å². The molecule has 0 saturated carbocycles. The molecule has 81 heavy (non-hydrogen) atoms. The van der Waals surface area contributed by atoms with Crippen molar-refractivity contribution in [2.75, 3.05) is 96.5 Å². The number of alkyl halides is 1. The first kappa shape index (κ1) is 60.4. The van der Waals surface area contributed by atoms with E-state index in [1.165, 1.54) is 12.1 Å². The fourth-order valence-electron chi connectivity index (χ4n) is 9.56. The van der Waals surface area contributed by atoms with E-state index in [0.29, 0.717) is 60.1 Å². The van der Waals surface area contributed by atoms with Gasteiger partial charge in [-0.15, -0.1) is 5.10 Å². The lowest BCUT2D eigenvalue weighted by Gasteiger charge is -2.37. The van der Waals surface area contributed by atoms with Crippen molar-refractivity contribution in [2.24, 2.45) is 12.1 Å². The number of aryl methyl sites for hydroxylation is 2. The van der Waals surface area contributed by atoms with Gasteiger partial charge in [-0.2, -0.15) is 20.1 Å². The van der Waals surface area contributed by atoms with Crippen LogP contribution in [0.2, 0.25) is 25.7 Å². The minimum Gasteiger partial charge on any atom is -0.478 e. The number of fused-ring (bicyclic) bond motifs is 1. The number of nitrogens with zero attached hydrogens (tertiary/aromatic N) is 12. The number of carbonyl (C=O) groups excluding carboxylic acids is 3. The number of carbonyl (C=O) groups is 3. The van der Waals surface area contributed by atoms with E-state index >= 15 is 8.78 Å². The molecule has 3 aliphatic rings. The van der Waals surface area contributed by atoms with Crippen LogP contribution in [0.15, 0.2) is 66.2 Å². The molecule has 3 N–H and O–H groups in total. The van der Waals surface area contributed by atoms with Crippen LogP contribution in [0.5, 0.6) is 5.88 Å². The van der Waals surface area contributed by atoms with Gasteiger partial charge in [-0.1, -0.05) is 61.7 Å². The summed E-state index contributed by atoms with van der Waals surface area (Å²) in [5.41, 5.74) is 1.56. The molecule has 0 aliphatic carbocycles. The molecule has 440 valence electrons. The summed E-state index contributed by atoms with van der Waals surface area (Å²) in [4.78, 5) is 64.9. The quantitative estimate of drug-likeness (QED) is 0.0320. The highest BCUT2D eigenvalue weighted by atomic mass is 32.2. The Bertz CT molecular complexity index is 2990. The van der Waals surface area contributed by atoms with Crippen molar-refractivity contribution in [3.05, 3.63) is 83.8 Å². The number of hydrogen-bond donors (Lipinski definition) is 3. The van der Waals surface area contributed by atoms with Gasteiger partial charge in [0.1, 0.15) is 39.0 Å². The molecular formula is C54H76F3N15O7SSi. The molecule has 0 unspecified atom stereocenters. The van der Waals surface area contributed by atoms with E-state index in [-0.39, 0.29) is 49.2 Å². The first-order chi connectivity index (χ1) is 38.6. The molecule has 0 spiro atoms. The summed E-state index contributed by atoms with van der Waals surface area (Å²) in [6, 6.07) is 11.8. The highest BCUT2D eigenvalue weighted by Gasteiger charge is 2.50. The number of hydrazone groups is 1. The number of halogens is 3. The van der Waals surface area contributed by atoms with Crippen LogP contribution >= 0.6 is 11.8 Å². The minimum absolute atomic E-state index is 0.0146. The highest BCUT2D eigenvalue weighted by molar-refractivity contribution is 8.15. The average molecular weight is 1160 g/mol. The number of ether oxygens (including phenoxy) is 3. The van der Waals surface area contributed by atoms with Gasteiger partial charge in [-0.3, -0.25) is 9.52 Å². The monoisotopic (exact) mass is 1160 g/mol. The SMILES string of the molecule is COc1nn(CCCN2CCN(CCCON(C)C(=O)N3N=C(c4cc(F)ccc4F)S[C@@]3(CCCNC(=O)OC(C)(C)C)c3ccccc3)CC2)cc1Nc1nc(N2C[C@@H](F)[C@H](NC(=O)OCC[Si](C)(C)C)C2)nc2c1ncn2C. The zero-order valence-corrected chi connectivity index (χ0v) is 49.5. The van der Waals surface area contributed by atoms with Crippen molar-refractivity contribution >= 4 is 71.7 Å². The summed E-state index contributed by atoms with van der Waals surface area (Å²) in [5, 5.41) is 20.7. The number of hydrogen-bond acceptors (Lipinski definition) is 17. The summed E-state index contributed by atoms with van der Waals surface area (Å²) >= 11 is 1.14. The van der Waals surface area contributed by atoms with Crippen molar-refractivity contribution in [3.63, 3.8) is 0 Å². The first-order valence-corrected chi connectivity index (χ1v) is 31.9. The van der Waals surface area contributed by atoms with E-state index in [2.05, 4.69) is 60.6 Å². The lowest BCUT2D eigenvalue weighted by atomic mass is 10.0. The molecule has 27 heteroatoms. The number of methoxy groups -OCH3 is 1. The Kier molecular flexibility index (Phi) is 19.8. The number of amides is 4. The Balaban J connectivity index is 0.810. The van der Waals surface area contributed by atoms with Gasteiger partial charge in [0.05, 0.1) is 45.4 Å². The van der Waals surface area contributed by atoms with Crippen LogP contribution in [0.4, 0.5) is 45.0 Å². The maximum absolute atomic E-state index is 15.4. The average Bonchev–Trinajstić information content (AvgIpc) is 4.39. The van der Waals surface area contributed by atoms with E-state index in [4.69, 9.17) is 29.0 Å². The maximum atomic E-state index is 15.4. The summed E-state index contributed by atoms with van der Waals surface area (Å²) in [5.74, 6) is -0.286.